The Morgan fingerprint density at radius 1 is 0.413 bits per heavy atom. The molecule has 9 rings (SSSR count). The Bertz CT molecular complexity index is 2460. The van der Waals surface area contributed by atoms with Gasteiger partial charge in [-0.1, -0.05) is 91.0 Å². The predicted octanol–water partition coefficient (Wildman–Crippen LogP) is 10.9. The molecular formula is C41H26N4S. The average molecular weight is 607 g/mol. The number of fused-ring (bicyclic) bond motifs is 4. The quantitative estimate of drug-likeness (QED) is 0.196. The summed E-state index contributed by atoms with van der Waals surface area (Å²) in [5, 5.41) is 5.91. The Hall–Kier alpha value is -5.91. The van der Waals surface area contributed by atoms with E-state index in [9.17, 15) is 0 Å². The van der Waals surface area contributed by atoms with E-state index in [2.05, 4.69) is 101 Å². The minimum absolute atomic E-state index is 0.647. The third-order valence-electron chi connectivity index (χ3n) is 8.54. The summed E-state index contributed by atoms with van der Waals surface area (Å²) in [6.45, 7) is 0. The Balaban J connectivity index is 1.15. The second-order valence-electron chi connectivity index (χ2n) is 11.3. The molecule has 0 aliphatic heterocycles. The molecule has 0 amide bonds. The highest BCUT2D eigenvalue weighted by Gasteiger charge is 2.15. The topological polar surface area (TPSA) is 43.6 Å². The van der Waals surface area contributed by atoms with E-state index in [4.69, 9.17) is 15.0 Å². The lowest BCUT2D eigenvalue weighted by atomic mass is 10.0. The second-order valence-corrected chi connectivity index (χ2v) is 12.3. The summed E-state index contributed by atoms with van der Waals surface area (Å²) in [5.41, 5.74) is 8.74. The van der Waals surface area contributed by atoms with Gasteiger partial charge in [-0.15, -0.1) is 11.3 Å². The highest BCUT2D eigenvalue weighted by Crippen LogP contribution is 2.36. The van der Waals surface area contributed by atoms with Crippen molar-refractivity contribution in [2.24, 2.45) is 0 Å². The maximum absolute atomic E-state index is 4.92. The standard InChI is InChI=1S/C41H26N4S/c1-3-9-27(10-4-1)39-42-40(28-11-5-2-6-12-28)44-41(43-39)29-15-19-33(20-16-29)45-36-14-8-7-13-34(36)35-26-31(17-21-37(35)45)30-18-22-38-32(25-30)23-24-46-38/h1-26H. The summed E-state index contributed by atoms with van der Waals surface area (Å²) in [7, 11) is 0. The van der Waals surface area contributed by atoms with Gasteiger partial charge < -0.3 is 4.57 Å². The number of aromatic nitrogens is 4. The summed E-state index contributed by atoms with van der Waals surface area (Å²) in [6.07, 6.45) is 0. The van der Waals surface area contributed by atoms with Gasteiger partial charge in [0.1, 0.15) is 0 Å². The fraction of sp³-hybridized carbons (Fsp3) is 0. The molecule has 0 aliphatic rings. The monoisotopic (exact) mass is 606 g/mol. The van der Waals surface area contributed by atoms with Gasteiger partial charge in [-0.2, -0.15) is 0 Å². The lowest BCUT2D eigenvalue weighted by molar-refractivity contribution is 1.07. The van der Waals surface area contributed by atoms with Crippen molar-refractivity contribution in [3.8, 4) is 51.0 Å². The van der Waals surface area contributed by atoms with Crippen molar-refractivity contribution in [3.05, 3.63) is 157 Å². The highest BCUT2D eigenvalue weighted by atomic mass is 32.1. The van der Waals surface area contributed by atoms with Crippen molar-refractivity contribution < 1.29 is 0 Å². The molecule has 0 atom stereocenters. The number of hydrogen-bond acceptors (Lipinski definition) is 4. The molecule has 0 spiro atoms. The maximum atomic E-state index is 4.92. The van der Waals surface area contributed by atoms with E-state index < -0.39 is 0 Å². The van der Waals surface area contributed by atoms with Gasteiger partial charge in [0, 0.05) is 37.9 Å². The SMILES string of the molecule is c1ccc(-c2nc(-c3ccccc3)nc(-c3ccc(-n4c5ccccc5c5cc(-c6ccc7sccc7c6)ccc54)cc3)n2)cc1. The fourth-order valence-electron chi connectivity index (χ4n) is 6.27. The van der Waals surface area contributed by atoms with Gasteiger partial charge in [0.15, 0.2) is 17.5 Å². The first-order valence-electron chi connectivity index (χ1n) is 15.3. The molecule has 0 aliphatic carbocycles. The van der Waals surface area contributed by atoms with Crippen LogP contribution in [0.4, 0.5) is 0 Å². The molecule has 0 N–H and O–H groups in total. The first-order valence-corrected chi connectivity index (χ1v) is 16.2. The molecule has 46 heavy (non-hydrogen) atoms. The molecule has 6 aromatic carbocycles. The number of thiophene rings is 1. The number of hydrogen-bond donors (Lipinski definition) is 0. The van der Waals surface area contributed by atoms with Crippen molar-refractivity contribution in [1.29, 1.82) is 0 Å². The molecule has 3 heterocycles. The van der Waals surface area contributed by atoms with E-state index in [0.717, 1.165) is 22.4 Å². The van der Waals surface area contributed by atoms with Gasteiger partial charge in [-0.25, -0.2) is 15.0 Å². The normalized spacial score (nSPS) is 11.5. The van der Waals surface area contributed by atoms with Crippen LogP contribution in [0.1, 0.15) is 0 Å². The fourth-order valence-corrected chi connectivity index (χ4v) is 7.05. The lowest BCUT2D eigenvalue weighted by Gasteiger charge is -2.11. The van der Waals surface area contributed by atoms with Crippen LogP contribution in [0.3, 0.4) is 0 Å². The van der Waals surface area contributed by atoms with E-state index in [1.165, 1.54) is 43.0 Å². The van der Waals surface area contributed by atoms with Crippen LogP contribution in [0, 0.1) is 0 Å². The molecular weight excluding hydrogens is 581 g/mol. The predicted molar refractivity (Wildman–Crippen MR) is 191 cm³/mol. The van der Waals surface area contributed by atoms with Crippen molar-refractivity contribution in [3.63, 3.8) is 0 Å². The number of para-hydroxylation sites is 1. The van der Waals surface area contributed by atoms with E-state index >= 15 is 0 Å². The van der Waals surface area contributed by atoms with E-state index in [1.54, 1.807) is 11.3 Å². The number of nitrogens with zero attached hydrogens (tertiary/aromatic N) is 4. The summed E-state index contributed by atoms with van der Waals surface area (Å²) in [5.74, 6) is 1.96. The van der Waals surface area contributed by atoms with Gasteiger partial charge in [-0.05, 0) is 82.6 Å². The molecule has 0 saturated heterocycles. The van der Waals surface area contributed by atoms with E-state index in [0.29, 0.717) is 17.5 Å². The Labute approximate surface area is 269 Å². The zero-order valence-corrected chi connectivity index (χ0v) is 25.5. The molecule has 0 radical (unpaired) electrons. The molecule has 4 nitrogen and oxygen atoms in total. The second kappa shape index (κ2) is 10.9. The maximum Gasteiger partial charge on any atom is 0.164 e. The molecule has 3 aromatic heterocycles. The van der Waals surface area contributed by atoms with Crippen LogP contribution in [0.25, 0.3) is 82.9 Å². The largest absolute Gasteiger partial charge is 0.309 e. The lowest BCUT2D eigenvalue weighted by Crippen LogP contribution is -2.00. The zero-order chi connectivity index (χ0) is 30.5. The molecule has 0 bridgehead atoms. The Morgan fingerprint density at radius 3 is 1.65 bits per heavy atom. The van der Waals surface area contributed by atoms with E-state index in [-0.39, 0.29) is 0 Å². The smallest absolute Gasteiger partial charge is 0.164 e. The van der Waals surface area contributed by atoms with Crippen molar-refractivity contribution in [1.82, 2.24) is 19.5 Å². The molecule has 9 aromatic rings. The van der Waals surface area contributed by atoms with Gasteiger partial charge in [-0.3, -0.25) is 0 Å². The minimum atomic E-state index is 0.647. The van der Waals surface area contributed by atoms with Crippen molar-refractivity contribution in [2.75, 3.05) is 0 Å². The van der Waals surface area contributed by atoms with Crippen LogP contribution in [0.5, 0.6) is 0 Å². The zero-order valence-electron chi connectivity index (χ0n) is 24.7. The molecule has 5 heteroatoms. The number of benzene rings is 6. The van der Waals surface area contributed by atoms with Gasteiger partial charge in [0.25, 0.3) is 0 Å². The summed E-state index contributed by atoms with van der Waals surface area (Å²) in [4.78, 5) is 14.7. The molecule has 216 valence electrons. The highest BCUT2D eigenvalue weighted by molar-refractivity contribution is 7.17. The third kappa shape index (κ3) is 4.57. The number of rotatable bonds is 5. The molecule has 0 saturated carbocycles. The van der Waals surface area contributed by atoms with Crippen LogP contribution in [0.2, 0.25) is 0 Å². The van der Waals surface area contributed by atoms with Crippen LogP contribution >= 0.6 is 11.3 Å². The third-order valence-corrected chi connectivity index (χ3v) is 9.44. The minimum Gasteiger partial charge on any atom is -0.309 e. The van der Waals surface area contributed by atoms with E-state index in [1.807, 2.05) is 60.7 Å². The first kappa shape index (κ1) is 26.5. The summed E-state index contributed by atoms with van der Waals surface area (Å²) in [6, 6.07) is 53.1. The van der Waals surface area contributed by atoms with Crippen molar-refractivity contribution in [2.45, 2.75) is 0 Å². The van der Waals surface area contributed by atoms with Gasteiger partial charge in [0.05, 0.1) is 11.0 Å². The van der Waals surface area contributed by atoms with Crippen molar-refractivity contribution >= 4 is 43.2 Å². The summed E-state index contributed by atoms with van der Waals surface area (Å²) < 4.78 is 3.66. The van der Waals surface area contributed by atoms with Crippen LogP contribution < -0.4 is 0 Å². The molecule has 0 unspecified atom stereocenters. The van der Waals surface area contributed by atoms with Crippen LogP contribution in [-0.2, 0) is 0 Å². The Morgan fingerprint density at radius 2 is 0.957 bits per heavy atom. The average Bonchev–Trinajstić information content (AvgIpc) is 3.74. The Kier molecular flexibility index (Phi) is 6.28. The van der Waals surface area contributed by atoms with Gasteiger partial charge in [0.2, 0.25) is 0 Å². The van der Waals surface area contributed by atoms with Gasteiger partial charge >= 0.3 is 0 Å². The molecule has 0 fully saturated rings. The summed E-state index contributed by atoms with van der Waals surface area (Å²) >= 11 is 1.78. The van der Waals surface area contributed by atoms with Crippen LogP contribution in [0.15, 0.2) is 157 Å². The van der Waals surface area contributed by atoms with Crippen LogP contribution in [-0.4, -0.2) is 19.5 Å². The first-order chi connectivity index (χ1) is 22.8.